The third-order valence-corrected chi connectivity index (χ3v) is 4.97. The molecular weight excluding hydrogens is 322 g/mol. The van der Waals surface area contributed by atoms with Crippen LogP contribution in [-0.2, 0) is 11.8 Å². The molecule has 1 saturated heterocycles. The van der Waals surface area contributed by atoms with Crippen LogP contribution in [0.25, 0.3) is 0 Å². The number of thioether (sulfide) groups is 1. The van der Waals surface area contributed by atoms with Gasteiger partial charge in [0.25, 0.3) is 0 Å². The molecule has 1 fully saturated rings. The van der Waals surface area contributed by atoms with Crippen LogP contribution in [0.15, 0.2) is 41.6 Å². The Morgan fingerprint density at radius 3 is 2.88 bits per heavy atom. The summed E-state index contributed by atoms with van der Waals surface area (Å²) in [6, 6.07) is 8.03. The number of aryl methyl sites for hydroxylation is 1. The lowest BCUT2D eigenvalue weighted by atomic mass is 10.1. The van der Waals surface area contributed by atoms with Gasteiger partial charge < -0.3 is 15.2 Å². The minimum Gasteiger partial charge on any atom is -0.337 e. The van der Waals surface area contributed by atoms with Crippen LogP contribution in [0.3, 0.4) is 0 Å². The molecular formula is C17H23N5OS. The van der Waals surface area contributed by atoms with Crippen molar-refractivity contribution in [3.05, 3.63) is 42.5 Å². The van der Waals surface area contributed by atoms with Gasteiger partial charge in [0.15, 0.2) is 0 Å². The second-order valence-electron chi connectivity index (χ2n) is 5.86. The molecule has 1 aromatic carbocycles. The van der Waals surface area contributed by atoms with Gasteiger partial charge in [0.05, 0.1) is 12.6 Å². The Labute approximate surface area is 146 Å². The molecule has 7 heteroatoms. The number of anilines is 1. The minimum absolute atomic E-state index is 0.00742. The first-order valence-electron chi connectivity index (χ1n) is 8.03. The van der Waals surface area contributed by atoms with E-state index in [1.165, 1.54) is 4.90 Å². The van der Waals surface area contributed by atoms with Crippen LogP contribution < -0.4 is 10.6 Å². The molecule has 0 aliphatic carbocycles. The van der Waals surface area contributed by atoms with E-state index >= 15 is 0 Å². The molecule has 1 aliphatic rings. The monoisotopic (exact) mass is 345 g/mol. The fourth-order valence-corrected chi connectivity index (χ4v) is 3.36. The van der Waals surface area contributed by atoms with Crippen LogP contribution in [0.1, 0.15) is 11.9 Å². The third-order valence-electron chi connectivity index (χ3n) is 4.23. The first-order chi connectivity index (χ1) is 11.7. The Kier molecular flexibility index (Phi) is 5.55. The van der Waals surface area contributed by atoms with E-state index < -0.39 is 0 Å². The zero-order valence-corrected chi connectivity index (χ0v) is 14.8. The normalized spacial score (nSPS) is 18.5. The first-order valence-corrected chi connectivity index (χ1v) is 9.26. The maximum absolute atomic E-state index is 12.4. The van der Waals surface area contributed by atoms with Gasteiger partial charge >= 0.3 is 0 Å². The van der Waals surface area contributed by atoms with Crippen molar-refractivity contribution in [1.82, 2.24) is 19.8 Å². The molecule has 2 aromatic rings. The number of amides is 1. The second-order valence-corrected chi connectivity index (χ2v) is 6.74. The van der Waals surface area contributed by atoms with Crippen molar-refractivity contribution in [2.24, 2.45) is 7.05 Å². The lowest BCUT2D eigenvalue weighted by Crippen LogP contribution is -2.49. The first kappa shape index (κ1) is 17.0. The number of nitrogens with one attached hydrogen (secondary N) is 2. The third kappa shape index (κ3) is 3.98. The molecule has 1 unspecified atom stereocenters. The molecule has 24 heavy (non-hydrogen) atoms. The van der Waals surface area contributed by atoms with Gasteiger partial charge in [-0.1, -0.05) is 0 Å². The average molecular weight is 345 g/mol. The van der Waals surface area contributed by atoms with E-state index in [4.69, 9.17) is 0 Å². The summed E-state index contributed by atoms with van der Waals surface area (Å²) in [5.41, 5.74) is 0.835. The van der Waals surface area contributed by atoms with Crippen molar-refractivity contribution in [1.29, 1.82) is 0 Å². The Morgan fingerprint density at radius 1 is 1.42 bits per heavy atom. The highest BCUT2D eigenvalue weighted by Gasteiger charge is 2.28. The van der Waals surface area contributed by atoms with E-state index in [0.717, 1.165) is 31.1 Å². The van der Waals surface area contributed by atoms with Crippen LogP contribution >= 0.6 is 11.8 Å². The predicted molar refractivity (Wildman–Crippen MR) is 97.2 cm³/mol. The number of hydrogen-bond donors (Lipinski definition) is 2. The number of benzene rings is 1. The zero-order chi connectivity index (χ0) is 16.9. The number of nitrogens with zero attached hydrogens (tertiary/aromatic N) is 3. The second kappa shape index (κ2) is 7.83. The number of hydrogen-bond acceptors (Lipinski definition) is 5. The SMILES string of the molecule is CSc1ccc(NC(=O)CN2CCNCC2c2nccn2C)cc1. The standard InChI is InChI=1S/C17H23N5OS/c1-21-9-8-19-17(21)15-11-18-7-10-22(15)12-16(23)20-13-3-5-14(24-2)6-4-13/h3-6,8-9,15,18H,7,10-12H2,1-2H3,(H,20,23). The Bertz CT molecular complexity index is 685. The summed E-state index contributed by atoms with van der Waals surface area (Å²) in [6.45, 7) is 2.89. The summed E-state index contributed by atoms with van der Waals surface area (Å²) < 4.78 is 2.02. The lowest BCUT2D eigenvalue weighted by molar-refractivity contribution is -0.118. The van der Waals surface area contributed by atoms with Crippen LogP contribution in [0, 0.1) is 0 Å². The zero-order valence-electron chi connectivity index (χ0n) is 14.0. The van der Waals surface area contributed by atoms with Gasteiger partial charge in [-0.25, -0.2) is 4.98 Å². The summed E-state index contributed by atoms with van der Waals surface area (Å²) in [6.07, 6.45) is 5.78. The molecule has 0 bridgehead atoms. The number of piperazine rings is 1. The Hall–Kier alpha value is -1.83. The molecule has 1 amide bonds. The lowest BCUT2D eigenvalue weighted by Gasteiger charge is -2.35. The van der Waals surface area contributed by atoms with Crippen molar-refractivity contribution < 1.29 is 4.79 Å². The van der Waals surface area contributed by atoms with Crippen molar-refractivity contribution in [2.75, 3.05) is 37.8 Å². The Balaban J connectivity index is 1.64. The molecule has 1 aromatic heterocycles. The average Bonchev–Trinajstić information content (AvgIpc) is 3.02. The van der Waals surface area contributed by atoms with Gasteiger partial charge in [0, 0.05) is 49.7 Å². The molecule has 2 heterocycles. The van der Waals surface area contributed by atoms with Gasteiger partial charge in [-0.05, 0) is 30.5 Å². The van der Waals surface area contributed by atoms with Gasteiger partial charge in [0.2, 0.25) is 5.91 Å². The van der Waals surface area contributed by atoms with E-state index in [-0.39, 0.29) is 11.9 Å². The summed E-state index contributed by atoms with van der Waals surface area (Å²) in [5.74, 6) is 0.993. The highest BCUT2D eigenvalue weighted by Crippen LogP contribution is 2.21. The Morgan fingerprint density at radius 2 is 2.21 bits per heavy atom. The van der Waals surface area contributed by atoms with Gasteiger partial charge in [0.1, 0.15) is 5.82 Å². The van der Waals surface area contributed by atoms with Crippen LogP contribution in [0.2, 0.25) is 0 Å². The molecule has 6 nitrogen and oxygen atoms in total. The summed E-state index contributed by atoms with van der Waals surface area (Å²) in [7, 11) is 1.99. The number of carbonyl (C=O) groups excluding carboxylic acids is 1. The van der Waals surface area contributed by atoms with Crippen molar-refractivity contribution in [2.45, 2.75) is 10.9 Å². The summed E-state index contributed by atoms with van der Waals surface area (Å²) >= 11 is 1.69. The largest absolute Gasteiger partial charge is 0.337 e. The predicted octanol–water partition coefficient (Wildman–Crippen LogP) is 1.73. The quantitative estimate of drug-likeness (QED) is 0.808. The topological polar surface area (TPSA) is 62.2 Å². The fraction of sp³-hybridized carbons (Fsp3) is 0.412. The summed E-state index contributed by atoms with van der Waals surface area (Å²) in [4.78, 5) is 20.2. The molecule has 2 N–H and O–H groups in total. The molecule has 0 spiro atoms. The molecule has 128 valence electrons. The smallest absolute Gasteiger partial charge is 0.238 e. The van der Waals surface area contributed by atoms with Crippen LogP contribution in [0.5, 0.6) is 0 Å². The maximum atomic E-state index is 12.4. The molecule has 1 aliphatic heterocycles. The van der Waals surface area contributed by atoms with E-state index in [1.807, 2.05) is 48.3 Å². The van der Waals surface area contributed by atoms with E-state index in [9.17, 15) is 4.79 Å². The molecule has 0 radical (unpaired) electrons. The maximum Gasteiger partial charge on any atom is 0.238 e. The number of imidazole rings is 1. The van der Waals surface area contributed by atoms with E-state index in [0.29, 0.717) is 6.54 Å². The molecule has 0 saturated carbocycles. The van der Waals surface area contributed by atoms with Crippen molar-refractivity contribution in [3.8, 4) is 0 Å². The van der Waals surface area contributed by atoms with Gasteiger partial charge in [-0.3, -0.25) is 9.69 Å². The van der Waals surface area contributed by atoms with Crippen molar-refractivity contribution >= 4 is 23.4 Å². The number of aromatic nitrogens is 2. The van der Waals surface area contributed by atoms with E-state index in [2.05, 4.69) is 20.5 Å². The molecule has 1 atom stereocenters. The fourth-order valence-electron chi connectivity index (χ4n) is 2.95. The van der Waals surface area contributed by atoms with Crippen LogP contribution in [-0.4, -0.2) is 52.8 Å². The van der Waals surface area contributed by atoms with Gasteiger partial charge in [-0.15, -0.1) is 11.8 Å². The highest BCUT2D eigenvalue weighted by molar-refractivity contribution is 7.98. The van der Waals surface area contributed by atoms with E-state index in [1.54, 1.807) is 18.0 Å². The van der Waals surface area contributed by atoms with Gasteiger partial charge in [-0.2, -0.15) is 0 Å². The summed E-state index contributed by atoms with van der Waals surface area (Å²) in [5, 5.41) is 6.37. The van der Waals surface area contributed by atoms with Crippen LogP contribution in [0.4, 0.5) is 5.69 Å². The minimum atomic E-state index is 0.00742. The number of carbonyl (C=O) groups is 1. The number of rotatable bonds is 5. The van der Waals surface area contributed by atoms with Crippen molar-refractivity contribution in [3.63, 3.8) is 0 Å². The highest BCUT2D eigenvalue weighted by atomic mass is 32.2. The molecule has 3 rings (SSSR count).